The van der Waals surface area contributed by atoms with Gasteiger partial charge in [0.15, 0.2) is 0 Å². The predicted octanol–water partition coefficient (Wildman–Crippen LogP) is 3.38. The van der Waals surface area contributed by atoms with E-state index in [0.717, 1.165) is 9.90 Å². The van der Waals surface area contributed by atoms with Crippen LogP contribution in [0.2, 0.25) is 0 Å². The van der Waals surface area contributed by atoms with Gasteiger partial charge in [-0.3, -0.25) is 0 Å². The second-order valence-electron chi connectivity index (χ2n) is 2.49. The van der Waals surface area contributed by atoms with Gasteiger partial charge in [0.25, 0.3) is 0 Å². The first kappa shape index (κ1) is 8.65. The molecule has 0 atom stereocenters. The van der Waals surface area contributed by atoms with E-state index < -0.39 is 0 Å². The Morgan fingerprint density at radius 3 is 2.83 bits per heavy atom. The number of hydrogen-bond donors (Lipinski definition) is 2. The maximum atomic E-state index is 5.70. The number of nitrogen functional groups attached to an aromatic ring is 1. The molecule has 0 unspecified atom stereocenters. The second kappa shape index (κ2) is 3.08. The van der Waals surface area contributed by atoms with E-state index in [2.05, 4.69) is 35.2 Å². The fraction of sp³-hybridized carbons (Fsp3) is 0. The third-order valence-electron chi connectivity index (χ3n) is 1.59. The Kier molecular flexibility index (Phi) is 2.22. The summed E-state index contributed by atoms with van der Waals surface area (Å²) in [6.45, 7) is 0. The Bertz CT molecular complexity index is 436. The number of halogens is 1. The molecule has 4 heteroatoms. The van der Waals surface area contributed by atoms with Crippen LogP contribution < -0.4 is 5.73 Å². The number of anilines is 1. The van der Waals surface area contributed by atoms with Crippen LogP contribution in [0.1, 0.15) is 0 Å². The first-order valence-corrected chi connectivity index (χ1v) is 5.68. The summed E-state index contributed by atoms with van der Waals surface area (Å²) < 4.78 is 2.42. The predicted molar refractivity (Wildman–Crippen MR) is 66.2 cm³/mol. The molecule has 62 valence electrons. The minimum Gasteiger partial charge on any atom is -0.391 e. The monoisotopic (exact) mass is 307 g/mol. The molecule has 1 nitrogen and oxygen atoms in total. The highest BCUT2D eigenvalue weighted by Crippen LogP contribution is 2.32. The number of thiophene rings is 1. The summed E-state index contributed by atoms with van der Waals surface area (Å²) in [6.07, 6.45) is 0. The summed E-state index contributed by atoms with van der Waals surface area (Å²) in [5.74, 6) is 0. The SMILES string of the molecule is Nc1cc2c(I)cc(S)cc2s1. The van der Waals surface area contributed by atoms with Gasteiger partial charge in [-0.2, -0.15) is 0 Å². The molecule has 0 radical (unpaired) electrons. The highest BCUT2D eigenvalue weighted by atomic mass is 127. The minimum atomic E-state index is 0.863. The maximum Gasteiger partial charge on any atom is 0.0869 e. The van der Waals surface area contributed by atoms with Gasteiger partial charge in [0.1, 0.15) is 0 Å². The standard InChI is InChI=1S/C8H6INS2/c9-6-1-4(11)2-7-5(6)3-8(10)12-7/h1-3,11H,10H2. The Hall–Kier alpha value is 0.0600. The van der Waals surface area contributed by atoms with Crippen LogP contribution in [-0.2, 0) is 0 Å². The molecule has 2 aromatic rings. The molecule has 1 aromatic heterocycles. The summed E-state index contributed by atoms with van der Waals surface area (Å²) in [5, 5.41) is 2.10. The van der Waals surface area contributed by atoms with Gasteiger partial charge in [-0.25, -0.2) is 0 Å². The number of rotatable bonds is 0. The summed E-state index contributed by atoms with van der Waals surface area (Å²) in [7, 11) is 0. The highest BCUT2D eigenvalue weighted by Gasteiger charge is 2.03. The van der Waals surface area contributed by atoms with E-state index in [1.54, 1.807) is 11.3 Å². The van der Waals surface area contributed by atoms with Gasteiger partial charge < -0.3 is 5.73 Å². The fourth-order valence-corrected chi connectivity index (χ4v) is 3.55. The molecule has 2 rings (SSSR count). The molecule has 0 aliphatic carbocycles. The zero-order valence-corrected chi connectivity index (χ0v) is 9.91. The van der Waals surface area contributed by atoms with Crippen LogP contribution in [0.15, 0.2) is 23.1 Å². The summed E-state index contributed by atoms with van der Waals surface area (Å²) in [5.41, 5.74) is 5.70. The van der Waals surface area contributed by atoms with Gasteiger partial charge in [-0.05, 0) is 40.8 Å². The molecule has 0 aliphatic heterocycles. The lowest BCUT2D eigenvalue weighted by atomic mass is 10.3. The van der Waals surface area contributed by atoms with Crippen molar-refractivity contribution in [3.8, 4) is 0 Å². The largest absolute Gasteiger partial charge is 0.391 e. The number of hydrogen-bond acceptors (Lipinski definition) is 3. The number of nitrogens with two attached hydrogens (primary N) is 1. The van der Waals surface area contributed by atoms with Gasteiger partial charge >= 0.3 is 0 Å². The van der Waals surface area contributed by atoms with Crippen molar-refractivity contribution < 1.29 is 0 Å². The Balaban J connectivity index is 2.88. The van der Waals surface area contributed by atoms with E-state index in [9.17, 15) is 0 Å². The van der Waals surface area contributed by atoms with Crippen molar-refractivity contribution in [2.75, 3.05) is 5.73 Å². The van der Waals surface area contributed by atoms with E-state index in [-0.39, 0.29) is 0 Å². The average molecular weight is 307 g/mol. The molecule has 0 bridgehead atoms. The van der Waals surface area contributed by atoms with Gasteiger partial charge in [0.2, 0.25) is 0 Å². The molecule has 0 spiro atoms. The van der Waals surface area contributed by atoms with Crippen molar-refractivity contribution >= 4 is 61.6 Å². The topological polar surface area (TPSA) is 26.0 Å². The maximum absolute atomic E-state index is 5.70. The van der Waals surface area contributed by atoms with Crippen LogP contribution >= 0.6 is 46.6 Å². The van der Waals surface area contributed by atoms with E-state index in [1.165, 1.54) is 13.7 Å². The summed E-state index contributed by atoms with van der Waals surface area (Å²) in [4.78, 5) is 0.994. The second-order valence-corrected chi connectivity index (χ2v) is 5.28. The minimum absolute atomic E-state index is 0.863. The molecule has 1 aromatic carbocycles. The molecule has 0 amide bonds. The molecule has 2 N–H and O–H groups in total. The zero-order chi connectivity index (χ0) is 8.72. The molecular formula is C8H6INS2. The Morgan fingerprint density at radius 2 is 2.08 bits per heavy atom. The van der Waals surface area contributed by atoms with E-state index in [1.807, 2.05) is 18.2 Å². The number of fused-ring (bicyclic) bond motifs is 1. The smallest absolute Gasteiger partial charge is 0.0869 e. The first-order valence-electron chi connectivity index (χ1n) is 3.34. The van der Waals surface area contributed by atoms with Crippen LogP contribution in [0.5, 0.6) is 0 Å². The fourth-order valence-electron chi connectivity index (χ4n) is 1.10. The molecular weight excluding hydrogens is 301 g/mol. The molecule has 0 aliphatic rings. The van der Waals surface area contributed by atoms with Gasteiger partial charge in [0, 0.05) is 18.6 Å². The average Bonchev–Trinajstić information content (AvgIpc) is 2.29. The molecule has 0 saturated heterocycles. The number of benzene rings is 1. The zero-order valence-electron chi connectivity index (χ0n) is 6.04. The van der Waals surface area contributed by atoms with Gasteiger partial charge in [-0.1, -0.05) is 0 Å². The van der Waals surface area contributed by atoms with Crippen molar-refractivity contribution in [1.82, 2.24) is 0 Å². The van der Waals surface area contributed by atoms with Crippen LogP contribution in [-0.4, -0.2) is 0 Å². The Labute approximate surface area is 93.5 Å². The van der Waals surface area contributed by atoms with Crippen molar-refractivity contribution in [2.45, 2.75) is 4.90 Å². The molecule has 12 heavy (non-hydrogen) atoms. The highest BCUT2D eigenvalue weighted by molar-refractivity contribution is 14.1. The third kappa shape index (κ3) is 1.43. The third-order valence-corrected chi connectivity index (χ3v) is 3.65. The quantitative estimate of drug-likeness (QED) is 0.566. The lowest BCUT2D eigenvalue weighted by molar-refractivity contribution is 1.52. The van der Waals surface area contributed by atoms with Gasteiger partial charge in [0.05, 0.1) is 5.00 Å². The van der Waals surface area contributed by atoms with E-state index >= 15 is 0 Å². The normalized spacial score (nSPS) is 10.8. The summed E-state index contributed by atoms with van der Waals surface area (Å²) >= 11 is 8.20. The van der Waals surface area contributed by atoms with Crippen LogP contribution in [0.25, 0.3) is 10.1 Å². The van der Waals surface area contributed by atoms with E-state index in [0.29, 0.717) is 0 Å². The number of thiol groups is 1. The Morgan fingerprint density at radius 1 is 1.33 bits per heavy atom. The van der Waals surface area contributed by atoms with Crippen LogP contribution in [0.4, 0.5) is 5.00 Å². The van der Waals surface area contributed by atoms with Crippen molar-refractivity contribution in [1.29, 1.82) is 0 Å². The van der Waals surface area contributed by atoms with Crippen LogP contribution in [0, 0.1) is 3.57 Å². The lowest BCUT2D eigenvalue weighted by Crippen LogP contribution is -1.74. The molecule has 0 fully saturated rings. The van der Waals surface area contributed by atoms with Crippen molar-refractivity contribution in [2.24, 2.45) is 0 Å². The molecule has 1 heterocycles. The van der Waals surface area contributed by atoms with Gasteiger partial charge in [-0.15, -0.1) is 24.0 Å². The van der Waals surface area contributed by atoms with Crippen molar-refractivity contribution in [3.05, 3.63) is 21.8 Å². The molecule has 0 saturated carbocycles. The van der Waals surface area contributed by atoms with Crippen LogP contribution in [0.3, 0.4) is 0 Å². The van der Waals surface area contributed by atoms with Crippen molar-refractivity contribution in [3.63, 3.8) is 0 Å². The first-order chi connectivity index (χ1) is 5.66. The summed E-state index contributed by atoms with van der Waals surface area (Å²) in [6, 6.07) is 6.09. The van der Waals surface area contributed by atoms with E-state index in [4.69, 9.17) is 5.73 Å². The lowest BCUT2D eigenvalue weighted by Gasteiger charge is -1.94.